The average molecular weight is 378 g/mol. The van der Waals surface area contributed by atoms with Crippen molar-refractivity contribution < 1.29 is 23.5 Å². The number of nitrogens with zero attached hydrogens (tertiary/aromatic N) is 2. The minimum atomic E-state index is -0.642. The number of halogens is 1. The molecule has 0 aliphatic carbocycles. The van der Waals surface area contributed by atoms with E-state index in [2.05, 4.69) is 0 Å². The van der Waals surface area contributed by atoms with Crippen molar-refractivity contribution in [2.75, 3.05) is 31.1 Å². The number of esters is 1. The molecule has 0 spiro atoms. The van der Waals surface area contributed by atoms with Crippen LogP contribution in [0.2, 0.25) is 0 Å². The number of rotatable bonds is 5. The quantitative estimate of drug-likeness (QED) is 0.580. The monoisotopic (exact) mass is 378 g/mol. The number of amides is 2. The maximum absolute atomic E-state index is 14.4. The molecule has 0 bridgehead atoms. The summed E-state index contributed by atoms with van der Waals surface area (Å²) in [6, 6.07) is 4.76. The summed E-state index contributed by atoms with van der Waals surface area (Å²) >= 11 is 0.730. The van der Waals surface area contributed by atoms with Crippen molar-refractivity contribution in [1.29, 1.82) is 0 Å². The lowest BCUT2D eigenvalue weighted by Gasteiger charge is -2.18. The van der Waals surface area contributed by atoms with Gasteiger partial charge in [-0.05, 0) is 55.3 Å². The Morgan fingerprint density at radius 1 is 1.31 bits per heavy atom. The number of thioether (sulfide) groups is 1. The highest BCUT2D eigenvalue weighted by Crippen LogP contribution is 2.33. The van der Waals surface area contributed by atoms with E-state index in [1.165, 1.54) is 12.1 Å². The van der Waals surface area contributed by atoms with Gasteiger partial charge < -0.3 is 9.64 Å². The van der Waals surface area contributed by atoms with Crippen LogP contribution in [-0.2, 0) is 14.3 Å². The third-order valence-electron chi connectivity index (χ3n) is 4.18. The summed E-state index contributed by atoms with van der Waals surface area (Å²) in [4.78, 5) is 38.8. The van der Waals surface area contributed by atoms with Crippen LogP contribution in [0.1, 0.15) is 25.3 Å². The Balaban J connectivity index is 1.75. The molecule has 2 saturated heterocycles. The number of carbonyl (C=O) groups is 3. The Kier molecular flexibility index (Phi) is 5.61. The number of hydrogen-bond acceptors (Lipinski definition) is 6. The van der Waals surface area contributed by atoms with Crippen LogP contribution < -0.4 is 4.90 Å². The Labute approximate surface area is 155 Å². The minimum absolute atomic E-state index is 0.160. The van der Waals surface area contributed by atoms with Gasteiger partial charge in [0.05, 0.1) is 17.2 Å². The molecule has 2 amide bonds. The van der Waals surface area contributed by atoms with Gasteiger partial charge in [0.15, 0.2) is 0 Å². The molecule has 8 heteroatoms. The number of anilines is 1. The van der Waals surface area contributed by atoms with Gasteiger partial charge in [0, 0.05) is 13.1 Å². The van der Waals surface area contributed by atoms with E-state index < -0.39 is 23.7 Å². The third-order valence-corrected chi connectivity index (χ3v) is 5.09. The first kappa shape index (κ1) is 18.4. The summed E-state index contributed by atoms with van der Waals surface area (Å²) in [6.45, 7) is 3.07. The highest BCUT2D eigenvalue weighted by Gasteiger charge is 2.36. The number of carbonyl (C=O) groups excluding carboxylic acids is 3. The van der Waals surface area contributed by atoms with Crippen LogP contribution in [-0.4, -0.2) is 48.3 Å². The molecule has 26 heavy (non-hydrogen) atoms. The summed E-state index contributed by atoms with van der Waals surface area (Å²) < 4.78 is 19.1. The summed E-state index contributed by atoms with van der Waals surface area (Å²) in [5.41, 5.74) is 1.04. The maximum atomic E-state index is 14.4. The molecule has 1 aromatic rings. The van der Waals surface area contributed by atoms with Crippen LogP contribution in [0.4, 0.5) is 14.9 Å². The van der Waals surface area contributed by atoms with Gasteiger partial charge in [-0.25, -0.2) is 4.39 Å². The minimum Gasteiger partial charge on any atom is -0.465 e. The maximum Gasteiger partial charge on any atom is 0.326 e. The lowest BCUT2D eigenvalue weighted by atomic mass is 10.1. The molecule has 1 aromatic carbocycles. The number of imide groups is 1. The zero-order valence-electron chi connectivity index (χ0n) is 14.4. The molecule has 0 saturated carbocycles. The second-order valence-corrected chi connectivity index (χ2v) is 6.97. The van der Waals surface area contributed by atoms with Crippen LogP contribution in [0.25, 0.3) is 6.08 Å². The van der Waals surface area contributed by atoms with E-state index in [-0.39, 0.29) is 17.3 Å². The fourth-order valence-electron chi connectivity index (χ4n) is 2.95. The molecule has 0 unspecified atom stereocenters. The number of benzene rings is 1. The Morgan fingerprint density at radius 2 is 2.04 bits per heavy atom. The lowest BCUT2D eigenvalue weighted by Crippen LogP contribution is -2.34. The van der Waals surface area contributed by atoms with Crippen molar-refractivity contribution in [2.45, 2.75) is 19.8 Å². The van der Waals surface area contributed by atoms with Crippen molar-refractivity contribution in [2.24, 2.45) is 0 Å². The fraction of sp³-hybridized carbons (Fsp3) is 0.389. The van der Waals surface area contributed by atoms with Gasteiger partial charge in [-0.3, -0.25) is 19.3 Å². The van der Waals surface area contributed by atoms with Crippen LogP contribution in [0.3, 0.4) is 0 Å². The molecule has 6 nitrogen and oxygen atoms in total. The molecule has 2 heterocycles. The van der Waals surface area contributed by atoms with E-state index in [1.54, 1.807) is 19.1 Å². The number of ether oxygens (including phenoxy) is 1. The van der Waals surface area contributed by atoms with Gasteiger partial charge in [0.1, 0.15) is 12.4 Å². The van der Waals surface area contributed by atoms with Crippen molar-refractivity contribution in [3.05, 3.63) is 34.5 Å². The van der Waals surface area contributed by atoms with Crippen molar-refractivity contribution in [3.8, 4) is 0 Å². The molecule has 0 aromatic heterocycles. The Morgan fingerprint density at radius 3 is 2.69 bits per heavy atom. The van der Waals surface area contributed by atoms with E-state index in [1.807, 2.05) is 4.90 Å². The first-order chi connectivity index (χ1) is 12.5. The topological polar surface area (TPSA) is 66.9 Å². The van der Waals surface area contributed by atoms with Crippen LogP contribution in [0.5, 0.6) is 0 Å². The summed E-state index contributed by atoms with van der Waals surface area (Å²) in [6.07, 6.45) is 3.57. The predicted octanol–water partition coefficient (Wildman–Crippen LogP) is 3.03. The number of hydrogen-bond donors (Lipinski definition) is 0. The van der Waals surface area contributed by atoms with E-state index in [9.17, 15) is 18.8 Å². The Hall–Kier alpha value is -2.35. The van der Waals surface area contributed by atoms with Gasteiger partial charge in [0.2, 0.25) is 0 Å². The first-order valence-corrected chi connectivity index (χ1v) is 9.26. The molecule has 0 radical (unpaired) electrons. The normalized spacial score (nSPS) is 18.9. The Bertz CT molecular complexity index is 774. The molecule has 2 fully saturated rings. The van der Waals surface area contributed by atoms with E-state index >= 15 is 0 Å². The van der Waals surface area contributed by atoms with E-state index in [4.69, 9.17) is 4.74 Å². The summed E-state index contributed by atoms with van der Waals surface area (Å²) in [5.74, 6) is -1.57. The molecular weight excluding hydrogens is 359 g/mol. The molecule has 138 valence electrons. The molecule has 2 aliphatic heterocycles. The van der Waals surface area contributed by atoms with Crippen LogP contribution in [0, 0.1) is 5.82 Å². The summed E-state index contributed by atoms with van der Waals surface area (Å²) in [5, 5.41) is -0.538. The molecule has 2 aliphatic rings. The van der Waals surface area contributed by atoms with Crippen molar-refractivity contribution >= 4 is 40.6 Å². The van der Waals surface area contributed by atoms with Crippen LogP contribution in [0.15, 0.2) is 23.1 Å². The highest BCUT2D eigenvalue weighted by molar-refractivity contribution is 8.18. The van der Waals surface area contributed by atoms with Gasteiger partial charge in [0.25, 0.3) is 11.1 Å². The smallest absolute Gasteiger partial charge is 0.326 e. The largest absolute Gasteiger partial charge is 0.465 e. The van der Waals surface area contributed by atoms with Crippen LogP contribution >= 0.6 is 11.8 Å². The van der Waals surface area contributed by atoms with E-state index in [0.717, 1.165) is 42.6 Å². The van der Waals surface area contributed by atoms with Gasteiger partial charge >= 0.3 is 5.97 Å². The molecule has 0 N–H and O–H groups in total. The van der Waals surface area contributed by atoms with Crippen molar-refractivity contribution in [3.63, 3.8) is 0 Å². The molecule has 3 rings (SSSR count). The SMILES string of the molecule is CCOC(=O)CN1C(=O)S/C(=C\c2ccc(N3CCCC3)c(F)c2)C1=O. The average Bonchev–Trinajstić information content (AvgIpc) is 3.20. The molecular formula is C18H19FN2O4S. The second-order valence-electron chi connectivity index (χ2n) is 5.98. The zero-order valence-corrected chi connectivity index (χ0v) is 15.2. The van der Waals surface area contributed by atoms with Gasteiger partial charge in [-0.2, -0.15) is 0 Å². The summed E-state index contributed by atoms with van der Waals surface area (Å²) in [7, 11) is 0. The van der Waals surface area contributed by atoms with Gasteiger partial charge in [-0.1, -0.05) is 6.07 Å². The third kappa shape index (κ3) is 3.90. The first-order valence-electron chi connectivity index (χ1n) is 8.45. The van der Waals surface area contributed by atoms with Crippen molar-refractivity contribution in [1.82, 2.24) is 4.90 Å². The predicted molar refractivity (Wildman–Crippen MR) is 97.2 cm³/mol. The second kappa shape index (κ2) is 7.90. The highest BCUT2D eigenvalue weighted by atomic mass is 32.2. The zero-order chi connectivity index (χ0) is 18.7. The standard InChI is InChI=1S/C18H19FN2O4S/c1-2-25-16(22)11-21-17(23)15(26-18(21)24)10-12-5-6-14(13(19)9-12)20-7-3-4-8-20/h5-6,9-10H,2-4,7-8,11H2,1H3/b15-10-. The fourth-order valence-corrected chi connectivity index (χ4v) is 3.79. The van der Waals surface area contributed by atoms with Gasteiger partial charge in [-0.15, -0.1) is 0 Å². The van der Waals surface area contributed by atoms with E-state index in [0.29, 0.717) is 11.3 Å². The lowest BCUT2D eigenvalue weighted by molar-refractivity contribution is -0.145. The molecule has 0 atom stereocenters.